The van der Waals surface area contributed by atoms with Crippen LogP contribution in [-0.2, 0) is 10.0 Å². The van der Waals surface area contributed by atoms with Gasteiger partial charge in [-0.05, 0) is 19.1 Å². The van der Waals surface area contributed by atoms with E-state index >= 15 is 0 Å². The number of rotatable bonds is 1. The number of hydrogen-bond donors (Lipinski definition) is 2. The topological polar surface area (TPSA) is 76.0 Å². The van der Waals surface area contributed by atoms with Crippen LogP contribution in [0.1, 0.15) is 5.69 Å². The fourth-order valence-electron chi connectivity index (χ4n) is 0.644. The van der Waals surface area contributed by atoms with Gasteiger partial charge in [-0.3, -0.25) is 0 Å². The van der Waals surface area contributed by atoms with Gasteiger partial charge in [0.2, 0.25) is 0 Å². The molecule has 0 amide bonds. The molecule has 0 aliphatic heterocycles. The summed E-state index contributed by atoms with van der Waals surface area (Å²) in [6.07, 6.45) is 0. The average molecular weight is 160 g/mol. The maximum Gasteiger partial charge on any atom is 0.253 e. The average Bonchev–Trinajstić information content (AvgIpc) is 2.11. The quantitative estimate of drug-likeness (QED) is 0.605. The molecule has 0 aromatic carbocycles. The molecule has 56 valence electrons. The Morgan fingerprint density at radius 1 is 1.50 bits per heavy atom. The lowest BCUT2D eigenvalue weighted by molar-refractivity contribution is 0.594. The highest BCUT2D eigenvalue weighted by Crippen LogP contribution is 2.04. The molecular formula is C5H8N2O2S. The van der Waals surface area contributed by atoms with Crippen molar-refractivity contribution in [1.29, 1.82) is 0 Å². The number of H-pyrrole nitrogens is 1. The second-order valence-corrected chi connectivity index (χ2v) is 3.58. The molecule has 0 spiro atoms. The van der Waals surface area contributed by atoms with Gasteiger partial charge in [0.15, 0.2) is 0 Å². The molecule has 0 atom stereocenters. The third-order valence-corrected chi connectivity index (χ3v) is 1.96. The second kappa shape index (κ2) is 2.10. The zero-order chi connectivity index (χ0) is 7.78. The van der Waals surface area contributed by atoms with Crippen LogP contribution in [0.3, 0.4) is 0 Å². The smallest absolute Gasteiger partial charge is 0.253 e. The van der Waals surface area contributed by atoms with E-state index in [1.807, 2.05) is 0 Å². The van der Waals surface area contributed by atoms with Crippen LogP contribution in [0, 0.1) is 6.92 Å². The Morgan fingerprint density at radius 2 is 2.10 bits per heavy atom. The Hall–Kier alpha value is -0.810. The van der Waals surface area contributed by atoms with Gasteiger partial charge in [-0.25, -0.2) is 13.6 Å². The minimum atomic E-state index is -3.54. The van der Waals surface area contributed by atoms with Crippen molar-refractivity contribution in [2.75, 3.05) is 0 Å². The zero-order valence-electron chi connectivity index (χ0n) is 5.46. The van der Waals surface area contributed by atoms with Crippen molar-refractivity contribution in [3.8, 4) is 0 Å². The van der Waals surface area contributed by atoms with Gasteiger partial charge in [0.25, 0.3) is 10.0 Å². The molecule has 1 aromatic heterocycles. The highest BCUT2D eigenvalue weighted by Gasteiger charge is 2.07. The highest BCUT2D eigenvalue weighted by atomic mass is 32.2. The van der Waals surface area contributed by atoms with Gasteiger partial charge in [0.1, 0.15) is 5.03 Å². The van der Waals surface area contributed by atoms with E-state index in [-0.39, 0.29) is 5.03 Å². The number of aromatic nitrogens is 1. The predicted molar refractivity (Wildman–Crippen MR) is 36.9 cm³/mol. The van der Waals surface area contributed by atoms with Crippen molar-refractivity contribution in [1.82, 2.24) is 4.98 Å². The van der Waals surface area contributed by atoms with E-state index in [9.17, 15) is 8.42 Å². The van der Waals surface area contributed by atoms with Gasteiger partial charge in [0, 0.05) is 5.69 Å². The van der Waals surface area contributed by atoms with Crippen molar-refractivity contribution in [2.45, 2.75) is 11.9 Å². The lowest BCUT2D eigenvalue weighted by atomic mass is 10.5. The lowest BCUT2D eigenvalue weighted by Gasteiger charge is -1.89. The third kappa shape index (κ3) is 1.37. The van der Waals surface area contributed by atoms with Crippen LogP contribution >= 0.6 is 0 Å². The largest absolute Gasteiger partial charge is 0.349 e. The van der Waals surface area contributed by atoms with Crippen LogP contribution in [0.2, 0.25) is 0 Å². The Labute approximate surface area is 59.1 Å². The molecule has 0 saturated carbocycles. The zero-order valence-corrected chi connectivity index (χ0v) is 6.27. The van der Waals surface area contributed by atoms with E-state index in [4.69, 9.17) is 5.14 Å². The fraction of sp³-hybridized carbons (Fsp3) is 0.200. The van der Waals surface area contributed by atoms with Gasteiger partial charge in [-0.2, -0.15) is 0 Å². The number of hydrogen-bond acceptors (Lipinski definition) is 2. The summed E-state index contributed by atoms with van der Waals surface area (Å²) >= 11 is 0. The van der Waals surface area contributed by atoms with E-state index in [0.717, 1.165) is 5.69 Å². The lowest BCUT2D eigenvalue weighted by Crippen LogP contribution is -2.12. The van der Waals surface area contributed by atoms with E-state index in [0.29, 0.717) is 0 Å². The van der Waals surface area contributed by atoms with E-state index in [1.165, 1.54) is 6.07 Å². The summed E-state index contributed by atoms with van der Waals surface area (Å²) in [4.78, 5) is 2.60. The monoisotopic (exact) mass is 160 g/mol. The molecule has 5 heteroatoms. The molecule has 0 fully saturated rings. The Kier molecular flexibility index (Phi) is 1.53. The van der Waals surface area contributed by atoms with Crippen molar-refractivity contribution in [3.05, 3.63) is 17.8 Å². The van der Waals surface area contributed by atoms with Crippen molar-refractivity contribution >= 4 is 10.0 Å². The molecule has 0 bridgehead atoms. The first-order valence-electron chi connectivity index (χ1n) is 2.68. The van der Waals surface area contributed by atoms with Gasteiger partial charge < -0.3 is 4.98 Å². The molecule has 1 aromatic rings. The summed E-state index contributed by atoms with van der Waals surface area (Å²) in [5, 5.41) is 4.87. The maximum atomic E-state index is 10.6. The SMILES string of the molecule is Cc1ccc(S(N)(=O)=O)[nH]1. The van der Waals surface area contributed by atoms with Gasteiger partial charge in [-0.15, -0.1) is 0 Å². The van der Waals surface area contributed by atoms with Crippen LogP contribution in [0.25, 0.3) is 0 Å². The van der Waals surface area contributed by atoms with Crippen molar-refractivity contribution in [2.24, 2.45) is 5.14 Å². The standard InChI is InChI=1S/C5H8N2O2S/c1-4-2-3-5(7-4)10(6,8)9/h2-3,7H,1H3,(H2,6,8,9). The molecule has 10 heavy (non-hydrogen) atoms. The summed E-state index contributed by atoms with van der Waals surface area (Å²) in [5.74, 6) is 0. The van der Waals surface area contributed by atoms with Gasteiger partial charge >= 0.3 is 0 Å². The fourth-order valence-corrected chi connectivity index (χ4v) is 1.21. The number of nitrogens with two attached hydrogens (primary N) is 1. The highest BCUT2D eigenvalue weighted by molar-refractivity contribution is 7.89. The molecule has 0 aliphatic carbocycles. The van der Waals surface area contributed by atoms with Crippen LogP contribution in [-0.4, -0.2) is 13.4 Å². The minimum Gasteiger partial charge on any atom is -0.349 e. The maximum absolute atomic E-state index is 10.6. The Balaban J connectivity index is 3.21. The van der Waals surface area contributed by atoms with Crippen LogP contribution in [0.5, 0.6) is 0 Å². The second-order valence-electron chi connectivity index (χ2n) is 2.05. The summed E-state index contributed by atoms with van der Waals surface area (Å²) in [6, 6.07) is 3.09. The first-order chi connectivity index (χ1) is 4.50. The molecule has 0 radical (unpaired) electrons. The molecule has 0 aliphatic rings. The summed E-state index contributed by atoms with van der Waals surface area (Å²) in [7, 11) is -3.54. The summed E-state index contributed by atoms with van der Waals surface area (Å²) in [5.41, 5.74) is 0.782. The molecule has 4 nitrogen and oxygen atoms in total. The minimum absolute atomic E-state index is 0.0602. The van der Waals surface area contributed by atoms with Crippen molar-refractivity contribution in [3.63, 3.8) is 0 Å². The van der Waals surface area contributed by atoms with Crippen LogP contribution < -0.4 is 5.14 Å². The van der Waals surface area contributed by atoms with Crippen LogP contribution in [0.15, 0.2) is 17.2 Å². The number of primary sulfonamides is 1. The summed E-state index contributed by atoms with van der Waals surface area (Å²) in [6.45, 7) is 1.76. The number of nitrogens with one attached hydrogen (secondary N) is 1. The number of sulfonamides is 1. The van der Waals surface area contributed by atoms with Crippen molar-refractivity contribution < 1.29 is 8.42 Å². The van der Waals surface area contributed by atoms with Gasteiger partial charge in [-0.1, -0.05) is 0 Å². The molecule has 0 unspecified atom stereocenters. The molecule has 1 heterocycles. The number of aryl methyl sites for hydroxylation is 1. The summed E-state index contributed by atoms with van der Waals surface area (Å²) < 4.78 is 21.2. The first kappa shape index (κ1) is 7.30. The predicted octanol–water partition coefficient (Wildman–Crippen LogP) is -0.0295. The third-order valence-electron chi connectivity index (χ3n) is 1.11. The van der Waals surface area contributed by atoms with Crippen LogP contribution in [0.4, 0.5) is 0 Å². The normalized spacial score (nSPS) is 11.8. The molecular weight excluding hydrogens is 152 g/mol. The molecule has 3 N–H and O–H groups in total. The molecule has 1 rings (SSSR count). The van der Waals surface area contributed by atoms with E-state index in [1.54, 1.807) is 13.0 Å². The van der Waals surface area contributed by atoms with Gasteiger partial charge in [0.05, 0.1) is 0 Å². The van der Waals surface area contributed by atoms with E-state index in [2.05, 4.69) is 4.98 Å². The van der Waals surface area contributed by atoms with E-state index < -0.39 is 10.0 Å². The Morgan fingerprint density at radius 3 is 2.30 bits per heavy atom. The first-order valence-corrected chi connectivity index (χ1v) is 4.23. The number of aromatic amines is 1. The molecule has 0 saturated heterocycles. The Bertz CT molecular complexity index is 325.